The van der Waals surface area contributed by atoms with Crippen LogP contribution in [0.2, 0.25) is 0 Å². The minimum absolute atomic E-state index is 0.341. The largest absolute Gasteiger partial charge is 0.373 e. The zero-order valence-corrected chi connectivity index (χ0v) is 12.5. The number of nitrogens with zero attached hydrogens (tertiary/aromatic N) is 3. The van der Waals surface area contributed by atoms with Crippen LogP contribution in [0.3, 0.4) is 0 Å². The Balaban J connectivity index is 2.22. The van der Waals surface area contributed by atoms with Crippen molar-refractivity contribution in [2.24, 2.45) is 0 Å². The van der Waals surface area contributed by atoms with Crippen molar-refractivity contribution < 1.29 is 0 Å². The van der Waals surface area contributed by atoms with Crippen LogP contribution in [0.4, 0.5) is 5.82 Å². The summed E-state index contributed by atoms with van der Waals surface area (Å²) >= 11 is 0. The van der Waals surface area contributed by atoms with Crippen LogP contribution in [0.5, 0.6) is 0 Å². The van der Waals surface area contributed by atoms with E-state index in [2.05, 4.69) is 52.3 Å². The normalized spacial score (nSPS) is 11.0. The number of aromatic nitrogens is 3. The van der Waals surface area contributed by atoms with Crippen LogP contribution in [0.1, 0.15) is 25.3 Å². The lowest BCUT2D eigenvalue weighted by Crippen LogP contribution is -2.04. The first-order valence-electron chi connectivity index (χ1n) is 7.08. The highest BCUT2D eigenvalue weighted by atomic mass is 15.0. The van der Waals surface area contributed by atoms with Gasteiger partial charge in [-0.15, -0.1) is 0 Å². The highest BCUT2D eigenvalue weighted by Gasteiger charge is 2.15. The van der Waals surface area contributed by atoms with Gasteiger partial charge < -0.3 is 5.32 Å². The first kappa shape index (κ1) is 13.5. The van der Waals surface area contributed by atoms with Crippen LogP contribution in [0, 0.1) is 0 Å². The minimum Gasteiger partial charge on any atom is -0.373 e. The van der Waals surface area contributed by atoms with Crippen LogP contribution < -0.4 is 5.32 Å². The fraction of sp³-hybridized carbons (Fsp3) is 0.235. The van der Waals surface area contributed by atoms with Gasteiger partial charge in [0.15, 0.2) is 0 Å². The second kappa shape index (κ2) is 5.48. The molecule has 2 heterocycles. The van der Waals surface area contributed by atoms with Gasteiger partial charge >= 0.3 is 0 Å². The Morgan fingerprint density at radius 1 is 1.05 bits per heavy atom. The molecule has 0 saturated heterocycles. The maximum absolute atomic E-state index is 4.51. The summed E-state index contributed by atoms with van der Waals surface area (Å²) in [5, 5.41) is 4.28. The van der Waals surface area contributed by atoms with Crippen LogP contribution in [0.25, 0.3) is 22.2 Å². The van der Waals surface area contributed by atoms with Crippen molar-refractivity contribution in [3.05, 3.63) is 48.4 Å². The van der Waals surface area contributed by atoms with Gasteiger partial charge in [-0.1, -0.05) is 26.0 Å². The summed E-state index contributed by atoms with van der Waals surface area (Å²) in [6.45, 7) is 4.32. The molecule has 0 spiro atoms. The van der Waals surface area contributed by atoms with Crippen molar-refractivity contribution >= 4 is 16.7 Å². The van der Waals surface area contributed by atoms with Gasteiger partial charge in [0, 0.05) is 29.8 Å². The van der Waals surface area contributed by atoms with Gasteiger partial charge in [-0.05, 0) is 24.1 Å². The molecule has 0 unspecified atom stereocenters. The molecule has 0 saturated carbocycles. The molecule has 0 bridgehead atoms. The molecule has 0 aliphatic heterocycles. The molecule has 2 aromatic heterocycles. The van der Waals surface area contributed by atoms with Gasteiger partial charge in [-0.2, -0.15) is 0 Å². The molecule has 21 heavy (non-hydrogen) atoms. The quantitative estimate of drug-likeness (QED) is 0.790. The Morgan fingerprint density at radius 3 is 2.67 bits per heavy atom. The van der Waals surface area contributed by atoms with Crippen LogP contribution in [-0.4, -0.2) is 22.0 Å². The molecule has 0 amide bonds. The van der Waals surface area contributed by atoms with Gasteiger partial charge in [-0.3, -0.25) is 4.98 Å². The standard InChI is InChI=1S/C17H18N4/c1-11(2)15-16(20-10-21-17(15)18-3)13-6-7-14-12(9-13)5-4-8-19-14/h4-11H,1-3H3,(H,18,20,21). The number of pyridine rings is 1. The molecule has 1 N–H and O–H groups in total. The molecule has 0 fully saturated rings. The van der Waals surface area contributed by atoms with E-state index in [4.69, 9.17) is 0 Å². The highest BCUT2D eigenvalue weighted by molar-refractivity contribution is 5.84. The highest BCUT2D eigenvalue weighted by Crippen LogP contribution is 2.32. The monoisotopic (exact) mass is 278 g/mol. The van der Waals surface area contributed by atoms with E-state index in [1.807, 2.05) is 25.4 Å². The molecule has 0 radical (unpaired) electrons. The Labute approximate surface area is 124 Å². The van der Waals surface area contributed by atoms with Crippen molar-refractivity contribution in [2.45, 2.75) is 19.8 Å². The zero-order chi connectivity index (χ0) is 14.8. The maximum atomic E-state index is 4.51. The first-order chi connectivity index (χ1) is 10.2. The number of rotatable bonds is 3. The van der Waals surface area contributed by atoms with E-state index in [-0.39, 0.29) is 0 Å². The summed E-state index contributed by atoms with van der Waals surface area (Å²) in [6, 6.07) is 10.3. The number of hydrogen-bond donors (Lipinski definition) is 1. The van der Waals surface area contributed by atoms with Gasteiger partial charge in [0.1, 0.15) is 12.1 Å². The smallest absolute Gasteiger partial charge is 0.133 e. The van der Waals surface area contributed by atoms with Gasteiger partial charge in [-0.25, -0.2) is 9.97 Å². The average molecular weight is 278 g/mol. The average Bonchev–Trinajstić information content (AvgIpc) is 2.53. The molecular formula is C17H18N4. The van der Waals surface area contributed by atoms with Crippen molar-refractivity contribution in [1.82, 2.24) is 15.0 Å². The van der Waals surface area contributed by atoms with E-state index in [0.717, 1.165) is 33.5 Å². The predicted molar refractivity (Wildman–Crippen MR) is 86.4 cm³/mol. The van der Waals surface area contributed by atoms with Gasteiger partial charge in [0.05, 0.1) is 11.2 Å². The first-order valence-corrected chi connectivity index (χ1v) is 7.08. The topological polar surface area (TPSA) is 50.7 Å². The van der Waals surface area contributed by atoms with E-state index >= 15 is 0 Å². The Kier molecular flexibility index (Phi) is 3.52. The van der Waals surface area contributed by atoms with Gasteiger partial charge in [0.25, 0.3) is 0 Å². The third-order valence-corrected chi connectivity index (χ3v) is 3.57. The van der Waals surface area contributed by atoms with Crippen LogP contribution in [0.15, 0.2) is 42.9 Å². The summed E-state index contributed by atoms with van der Waals surface area (Å²) in [5.41, 5.74) is 4.21. The van der Waals surface area contributed by atoms with E-state index in [0.29, 0.717) is 5.92 Å². The number of benzene rings is 1. The summed E-state index contributed by atoms with van der Waals surface area (Å²) in [4.78, 5) is 13.2. The molecular weight excluding hydrogens is 260 g/mol. The summed E-state index contributed by atoms with van der Waals surface area (Å²) in [6.07, 6.45) is 3.42. The van der Waals surface area contributed by atoms with Crippen LogP contribution >= 0.6 is 0 Å². The molecule has 3 rings (SSSR count). The Morgan fingerprint density at radius 2 is 1.90 bits per heavy atom. The lowest BCUT2D eigenvalue weighted by Gasteiger charge is -2.15. The van der Waals surface area contributed by atoms with Crippen molar-refractivity contribution in [3.8, 4) is 11.3 Å². The van der Waals surface area contributed by atoms with Crippen molar-refractivity contribution in [2.75, 3.05) is 12.4 Å². The molecule has 3 aromatic rings. The fourth-order valence-electron chi connectivity index (χ4n) is 2.59. The number of anilines is 1. The maximum Gasteiger partial charge on any atom is 0.133 e. The molecule has 0 aliphatic rings. The number of hydrogen-bond acceptors (Lipinski definition) is 4. The van der Waals surface area contributed by atoms with Gasteiger partial charge in [0.2, 0.25) is 0 Å². The lowest BCUT2D eigenvalue weighted by molar-refractivity contribution is 0.852. The molecule has 4 heteroatoms. The molecule has 0 atom stereocenters. The van der Waals surface area contributed by atoms with Crippen LogP contribution in [-0.2, 0) is 0 Å². The second-order valence-electron chi connectivity index (χ2n) is 5.30. The molecule has 1 aromatic carbocycles. The summed E-state index contributed by atoms with van der Waals surface area (Å²) < 4.78 is 0. The van der Waals surface area contributed by atoms with E-state index < -0.39 is 0 Å². The number of fused-ring (bicyclic) bond motifs is 1. The second-order valence-corrected chi connectivity index (χ2v) is 5.30. The Bertz CT molecular complexity index is 781. The van der Waals surface area contributed by atoms with Crippen molar-refractivity contribution in [1.29, 1.82) is 0 Å². The third-order valence-electron chi connectivity index (χ3n) is 3.57. The number of nitrogens with one attached hydrogen (secondary N) is 1. The predicted octanol–water partition coefficient (Wildman–Crippen LogP) is 3.86. The van der Waals surface area contributed by atoms with E-state index in [9.17, 15) is 0 Å². The summed E-state index contributed by atoms with van der Waals surface area (Å²) in [7, 11) is 1.89. The molecule has 106 valence electrons. The molecule has 0 aliphatic carbocycles. The zero-order valence-electron chi connectivity index (χ0n) is 12.5. The molecule has 4 nitrogen and oxygen atoms in total. The Hall–Kier alpha value is -2.49. The van der Waals surface area contributed by atoms with E-state index in [1.54, 1.807) is 6.33 Å². The summed E-state index contributed by atoms with van der Waals surface area (Å²) in [5.74, 6) is 1.23. The SMILES string of the molecule is CNc1ncnc(-c2ccc3ncccc3c2)c1C(C)C. The fourth-order valence-corrected chi connectivity index (χ4v) is 2.59. The van der Waals surface area contributed by atoms with Crippen molar-refractivity contribution in [3.63, 3.8) is 0 Å². The van der Waals surface area contributed by atoms with E-state index in [1.165, 1.54) is 0 Å². The lowest BCUT2D eigenvalue weighted by atomic mass is 9.96. The third kappa shape index (κ3) is 2.44. The minimum atomic E-state index is 0.341.